The second-order valence-electron chi connectivity index (χ2n) is 5.49. The van der Waals surface area contributed by atoms with E-state index in [9.17, 15) is 4.79 Å². The summed E-state index contributed by atoms with van der Waals surface area (Å²) in [5.41, 5.74) is 6.58. The predicted molar refractivity (Wildman–Crippen MR) is 91.1 cm³/mol. The Labute approximate surface area is 139 Å². The monoisotopic (exact) mass is 333 g/mol. The molecule has 1 fully saturated rings. The molecule has 1 saturated carbocycles. The van der Waals surface area contributed by atoms with Crippen LogP contribution in [0.5, 0.6) is 0 Å². The first-order valence-electron chi connectivity index (χ1n) is 6.90. The zero-order valence-corrected chi connectivity index (χ0v) is 14.0. The molecule has 0 aliphatic heterocycles. The number of nitrogens with two attached hydrogens (primary N) is 1. The Morgan fingerprint density at radius 1 is 1.29 bits per heavy atom. The summed E-state index contributed by atoms with van der Waals surface area (Å²) < 4.78 is 0. The highest BCUT2D eigenvalue weighted by molar-refractivity contribution is 5.88. The molecular formula is C15H25Cl2N3O. The van der Waals surface area contributed by atoms with E-state index in [0.29, 0.717) is 6.54 Å². The van der Waals surface area contributed by atoms with Gasteiger partial charge in [-0.3, -0.25) is 4.79 Å². The zero-order chi connectivity index (χ0) is 13.7. The van der Waals surface area contributed by atoms with Crippen molar-refractivity contribution in [3.8, 4) is 0 Å². The zero-order valence-electron chi connectivity index (χ0n) is 12.4. The molecule has 1 aromatic carbocycles. The quantitative estimate of drug-likeness (QED) is 0.750. The first-order valence-corrected chi connectivity index (χ1v) is 6.90. The molecule has 0 aromatic heterocycles. The third-order valence-electron chi connectivity index (χ3n) is 3.54. The number of carbonyl (C=O) groups is 1. The molecule has 1 amide bonds. The number of nitrogens with zero attached hydrogens (tertiary/aromatic N) is 1. The molecular weight excluding hydrogens is 309 g/mol. The van der Waals surface area contributed by atoms with Gasteiger partial charge >= 0.3 is 0 Å². The SMILES string of the molecule is CN(CCCNC(=O)C1(N)CC1)Cc1ccccc1.Cl.Cl. The topological polar surface area (TPSA) is 58.4 Å². The van der Waals surface area contributed by atoms with Crippen molar-refractivity contribution in [2.75, 3.05) is 20.1 Å². The highest BCUT2D eigenvalue weighted by atomic mass is 35.5. The largest absolute Gasteiger partial charge is 0.354 e. The number of rotatable bonds is 7. The van der Waals surface area contributed by atoms with Crippen LogP contribution in [0.2, 0.25) is 0 Å². The van der Waals surface area contributed by atoms with Gasteiger partial charge in [-0.1, -0.05) is 30.3 Å². The van der Waals surface area contributed by atoms with Crippen molar-refractivity contribution in [3.63, 3.8) is 0 Å². The molecule has 6 heteroatoms. The van der Waals surface area contributed by atoms with E-state index in [2.05, 4.69) is 41.5 Å². The van der Waals surface area contributed by atoms with Crippen molar-refractivity contribution in [2.24, 2.45) is 5.73 Å². The molecule has 1 aliphatic carbocycles. The summed E-state index contributed by atoms with van der Waals surface area (Å²) in [5, 5.41) is 2.91. The average molecular weight is 334 g/mol. The fourth-order valence-electron chi connectivity index (χ4n) is 2.06. The number of amides is 1. The van der Waals surface area contributed by atoms with Gasteiger partial charge in [0.25, 0.3) is 0 Å². The van der Waals surface area contributed by atoms with Crippen molar-refractivity contribution < 1.29 is 4.79 Å². The van der Waals surface area contributed by atoms with E-state index in [4.69, 9.17) is 5.73 Å². The van der Waals surface area contributed by atoms with E-state index in [1.54, 1.807) is 0 Å². The summed E-state index contributed by atoms with van der Waals surface area (Å²) in [6, 6.07) is 10.4. The maximum atomic E-state index is 11.6. The van der Waals surface area contributed by atoms with Crippen LogP contribution >= 0.6 is 24.8 Å². The number of carbonyl (C=O) groups excluding carboxylic acids is 1. The molecule has 0 bridgehead atoms. The number of halogens is 2. The number of hydrogen-bond acceptors (Lipinski definition) is 3. The highest BCUT2D eigenvalue weighted by Gasteiger charge is 2.45. The Morgan fingerprint density at radius 2 is 1.90 bits per heavy atom. The van der Waals surface area contributed by atoms with Gasteiger partial charge in [-0.15, -0.1) is 24.8 Å². The molecule has 0 heterocycles. The van der Waals surface area contributed by atoms with E-state index in [1.807, 2.05) is 6.07 Å². The lowest BCUT2D eigenvalue weighted by Crippen LogP contribution is -2.43. The van der Waals surface area contributed by atoms with Crippen LogP contribution < -0.4 is 11.1 Å². The van der Waals surface area contributed by atoms with E-state index in [-0.39, 0.29) is 30.7 Å². The minimum absolute atomic E-state index is 0. The summed E-state index contributed by atoms with van der Waals surface area (Å²) >= 11 is 0. The van der Waals surface area contributed by atoms with Crippen LogP contribution in [-0.4, -0.2) is 36.5 Å². The third-order valence-corrected chi connectivity index (χ3v) is 3.54. The van der Waals surface area contributed by atoms with Crippen LogP contribution in [0.3, 0.4) is 0 Å². The highest BCUT2D eigenvalue weighted by Crippen LogP contribution is 2.31. The minimum Gasteiger partial charge on any atom is -0.354 e. The molecule has 0 spiro atoms. The van der Waals surface area contributed by atoms with Crippen LogP contribution in [0, 0.1) is 0 Å². The summed E-state index contributed by atoms with van der Waals surface area (Å²) in [4.78, 5) is 13.9. The van der Waals surface area contributed by atoms with Crippen molar-refractivity contribution >= 4 is 30.7 Å². The summed E-state index contributed by atoms with van der Waals surface area (Å²) in [6.07, 6.45) is 2.60. The van der Waals surface area contributed by atoms with E-state index < -0.39 is 5.54 Å². The fraction of sp³-hybridized carbons (Fsp3) is 0.533. The lowest BCUT2D eigenvalue weighted by atomic mass is 10.2. The average Bonchev–Trinajstić information content (AvgIpc) is 3.15. The molecule has 120 valence electrons. The van der Waals surface area contributed by atoms with Crippen molar-refractivity contribution in [1.29, 1.82) is 0 Å². The predicted octanol–water partition coefficient (Wildman–Crippen LogP) is 1.96. The van der Waals surface area contributed by atoms with E-state index >= 15 is 0 Å². The maximum Gasteiger partial charge on any atom is 0.240 e. The third kappa shape index (κ3) is 6.66. The second-order valence-corrected chi connectivity index (χ2v) is 5.49. The molecule has 21 heavy (non-hydrogen) atoms. The minimum atomic E-state index is -0.546. The lowest BCUT2D eigenvalue weighted by Gasteiger charge is -2.17. The van der Waals surface area contributed by atoms with Gasteiger partial charge in [0, 0.05) is 13.1 Å². The molecule has 2 rings (SSSR count). The van der Waals surface area contributed by atoms with Gasteiger partial charge in [0.05, 0.1) is 5.54 Å². The van der Waals surface area contributed by atoms with Gasteiger partial charge in [-0.2, -0.15) is 0 Å². The molecule has 1 aromatic rings. The van der Waals surface area contributed by atoms with Crippen LogP contribution in [0.4, 0.5) is 0 Å². The van der Waals surface area contributed by atoms with Crippen LogP contribution in [0.1, 0.15) is 24.8 Å². The molecule has 0 unspecified atom stereocenters. The standard InChI is InChI=1S/C15H23N3O.2ClH/c1-18(12-13-6-3-2-4-7-13)11-5-10-17-14(19)15(16)8-9-15;;/h2-4,6-7H,5,8-12,16H2,1H3,(H,17,19);2*1H. The van der Waals surface area contributed by atoms with Gasteiger partial charge in [0.15, 0.2) is 0 Å². The van der Waals surface area contributed by atoms with Gasteiger partial charge < -0.3 is 16.0 Å². The van der Waals surface area contributed by atoms with Gasteiger partial charge in [-0.05, 0) is 38.4 Å². The fourth-order valence-corrected chi connectivity index (χ4v) is 2.06. The molecule has 0 saturated heterocycles. The Balaban J connectivity index is 0.00000200. The van der Waals surface area contributed by atoms with Gasteiger partial charge in [-0.25, -0.2) is 0 Å². The molecule has 4 nitrogen and oxygen atoms in total. The van der Waals surface area contributed by atoms with E-state index in [0.717, 1.165) is 32.4 Å². The summed E-state index contributed by atoms with van der Waals surface area (Å²) in [7, 11) is 2.10. The first kappa shape index (κ1) is 20.2. The summed E-state index contributed by atoms with van der Waals surface area (Å²) in [5.74, 6) is 0.0122. The van der Waals surface area contributed by atoms with Crippen molar-refractivity contribution in [2.45, 2.75) is 31.3 Å². The lowest BCUT2D eigenvalue weighted by molar-refractivity contribution is -0.123. The number of benzene rings is 1. The maximum absolute atomic E-state index is 11.6. The Kier molecular flexibility index (Phi) is 8.90. The van der Waals surface area contributed by atoms with Crippen LogP contribution in [0.15, 0.2) is 30.3 Å². The Bertz CT molecular complexity index is 424. The molecule has 1 aliphatic rings. The Hall–Kier alpha value is -0.810. The Morgan fingerprint density at radius 3 is 2.48 bits per heavy atom. The van der Waals surface area contributed by atoms with E-state index in [1.165, 1.54) is 5.56 Å². The number of hydrogen-bond donors (Lipinski definition) is 2. The smallest absolute Gasteiger partial charge is 0.240 e. The first-order chi connectivity index (χ1) is 9.10. The van der Waals surface area contributed by atoms with Crippen molar-refractivity contribution in [3.05, 3.63) is 35.9 Å². The van der Waals surface area contributed by atoms with Crippen molar-refractivity contribution in [1.82, 2.24) is 10.2 Å². The molecule has 0 radical (unpaired) electrons. The van der Waals surface area contributed by atoms with Crippen LogP contribution in [0.25, 0.3) is 0 Å². The van der Waals surface area contributed by atoms with Crippen LogP contribution in [-0.2, 0) is 11.3 Å². The summed E-state index contributed by atoms with van der Waals surface area (Å²) in [6.45, 7) is 2.61. The van der Waals surface area contributed by atoms with Gasteiger partial charge in [0.1, 0.15) is 0 Å². The normalized spacial score (nSPS) is 14.8. The van der Waals surface area contributed by atoms with Gasteiger partial charge in [0.2, 0.25) is 5.91 Å². The molecule has 0 atom stereocenters. The number of nitrogens with one attached hydrogen (secondary N) is 1. The second kappa shape index (κ2) is 9.26. The molecule has 3 N–H and O–H groups in total.